The third kappa shape index (κ3) is 1.68. The topological polar surface area (TPSA) is 29.1 Å². The van der Waals surface area contributed by atoms with Crippen LogP contribution in [0.4, 0.5) is 0 Å². The Hall–Kier alpha value is -0.0500. The van der Waals surface area contributed by atoms with Crippen molar-refractivity contribution in [3.05, 3.63) is 0 Å². The molecule has 5 aliphatic carbocycles. The van der Waals surface area contributed by atoms with Crippen molar-refractivity contribution in [1.82, 2.24) is 5.32 Å². The third-order valence-electron chi connectivity index (χ3n) is 5.38. The number of alkyl halides is 1. The van der Waals surface area contributed by atoms with Crippen LogP contribution in [-0.2, 0) is 4.79 Å². The molecule has 5 fully saturated rings. The summed E-state index contributed by atoms with van der Waals surface area (Å²) in [4.78, 5) is 12.6. The number of carbonyl (C=O) groups is 1. The fraction of sp³-hybridized carbons (Fsp3) is 0.929. The lowest BCUT2D eigenvalue weighted by molar-refractivity contribution is -0.144. The molecular formula is C14H20BrNO. The molecule has 2 atom stereocenters. The highest BCUT2D eigenvalue weighted by molar-refractivity contribution is 9.10. The second-order valence-corrected chi connectivity index (χ2v) is 8.82. The van der Waals surface area contributed by atoms with E-state index in [0.29, 0.717) is 16.3 Å². The number of hydrogen-bond donors (Lipinski definition) is 1. The van der Waals surface area contributed by atoms with E-state index in [2.05, 4.69) is 21.2 Å². The molecule has 5 saturated carbocycles. The molecule has 0 aromatic carbocycles. The second kappa shape index (κ2) is 3.28. The van der Waals surface area contributed by atoms with Crippen LogP contribution >= 0.6 is 15.9 Å². The van der Waals surface area contributed by atoms with E-state index in [1.165, 1.54) is 32.1 Å². The maximum atomic E-state index is 12.6. The summed E-state index contributed by atoms with van der Waals surface area (Å²) in [5, 5.41) is 3.27. The van der Waals surface area contributed by atoms with Crippen molar-refractivity contribution < 1.29 is 4.79 Å². The molecule has 5 aliphatic rings. The molecule has 1 N–H and O–H groups in total. The monoisotopic (exact) mass is 297 g/mol. The van der Waals surface area contributed by atoms with Crippen LogP contribution in [0.2, 0.25) is 0 Å². The van der Waals surface area contributed by atoms with Crippen LogP contribution in [0.25, 0.3) is 0 Å². The van der Waals surface area contributed by atoms with Gasteiger partial charge in [0.1, 0.15) is 0 Å². The summed E-state index contributed by atoms with van der Waals surface area (Å²) in [6.07, 6.45) is 9.81. The van der Waals surface area contributed by atoms with Gasteiger partial charge in [-0.3, -0.25) is 4.79 Å². The van der Waals surface area contributed by atoms with Gasteiger partial charge in [-0.05, 0) is 63.2 Å². The SMILES string of the molecule is O=C(NC1CC1)C12CC3CC(CC(Br)(C3)C1)C2. The number of amides is 1. The first-order chi connectivity index (χ1) is 8.07. The van der Waals surface area contributed by atoms with Gasteiger partial charge in [-0.1, -0.05) is 15.9 Å². The highest BCUT2D eigenvalue weighted by Crippen LogP contribution is 2.64. The van der Waals surface area contributed by atoms with Crippen molar-refractivity contribution in [1.29, 1.82) is 0 Å². The van der Waals surface area contributed by atoms with E-state index in [-0.39, 0.29) is 5.41 Å². The van der Waals surface area contributed by atoms with Crippen LogP contribution in [0, 0.1) is 17.3 Å². The lowest BCUT2D eigenvalue weighted by Gasteiger charge is -2.59. The van der Waals surface area contributed by atoms with E-state index in [1.807, 2.05) is 0 Å². The number of carbonyl (C=O) groups excluding carboxylic acids is 1. The minimum absolute atomic E-state index is 0.00380. The fourth-order valence-corrected chi connectivity index (χ4v) is 6.43. The molecule has 0 aromatic heterocycles. The molecule has 0 aliphatic heterocycles. The van der Waals surface area contributed by atoms with E-state index in [0.717, 1.165) is 31.1 Å². The highest BCUT2D eigenvalue weighted by atomic mass is 79.9. The van der Waals surface area contributed by atoms with E-state index < -0.39 is 0 Å². The average molecular weight is 298 g/mol. The van der Waals surface area contributed by atoms with Gasteiger partial charge < -0.3 is 5.32 Å². The van der Waals surface area contributed by atoms with Gasteiger partial charge in [0.2, 0.25) is 5.91 Å². The van der Waals surface area contributed by atoms with E-state index >= 15 is 0 Å². The minimum atomic E-state index is -0.00380. The third-order valence-corrected chi connectivity index (χ3v) is 6.31. The van der Waals surface area contributed by atoms with Crippen LogP contribution in [-0.4, -0.2) is 16.3 Å². The molecule has 0 heterocycles. The highest BCUT2D eigenvalue weighted by Gasteiger charge is 2.60. The molecule has 0 aromatic rings. The molecule has 2 nitrogen and oxygen atoms in total. The fourth-order valence-electron chi connectivity index (χ4n) is 4.98. The zero-order valence-corrected chi connectivity index (χ0v) is 11.8. The van der Waals surface area contributed by atoms with Crippen molar-refractivity contribution >= 4 is 21.8 Å². The minimum Gasteiger partial charge on any atom is -0.353 e. The second-order valence-electron chi connectivity index (χ2n) is 7.14. The normalized spacial score (nSPS) is 51.6. The summed E-state index contributed by atoms with van der Waals surface area (Å²) < 4.78 is 0.304. The van der Waals surface area contributed by atoms with E-state index in [9.17, 15) is 4.79 Å². The Balaban J connectivity index is 1.61. The summed E-state index contributed by atoms with van der Waals surface area (Å²) in [5.74, 6) is 2.00. The summed E-state index contributed by atoms with van der Waals surface area (Å²) >= 11 is 3.96. The van der Waals surface area contributed by atoms with E-state index in [4.69, 9.17) is 0 Å². The summed E-state index contributed by atoms with van der Waals surface area (Å²) in [7, 11) is 0. The molecule has 4 bridgehead atoms. The predicted octanol–water partition coefficient (Wildman–Crippen LogP) is 3.00. The van der Waals surface area contributed by atoms with Gasteiger partial charge in [0.15, 0.2) is 0 Å². The summed E-state index contributed by atoms with van der Waals surface area (Å²) in [6.45, 7) is 0. The average Bonchev–Trinajstić information content (AvgIpc) is 2.97. The zero-order chi connectivity index (χ0) is 11.7. The summed E-state index contributed by atoms with van der Waals surface area (Å²) in [5.41, 5.74) is -0.00380. The summed E-state index contributed by atoms with van der Waals surface area (Å²) in [6, 6.07) is 0.516. The molecule has 5 rings (SSSR count). The Morgan fingerprint density at radius 3 is 2.29 bits per heavy atom. The van der Waals surface area contributed by atoms with Crippen molar-refractivity contribution in [3.8, 4) is 0 Å². The Bertz CT molecular complexity index is 362. The van der Waals surface area contributed by atoms with E-state index in [1.54, 1.807) is 0 Å². The van der Waals surface area contributed by atoms with Gasteiger partial charge in [-0.25, -0.2) is 0 Å². The van der Waals surface area contributed by atoms with Crippen molar-refractivity contribution in [2.24, 2.45) is 17.3 Å². The Morgan fingerprint density at radius 2 is 1.76 bits per heavy atom. The van der Waals surface area contributed by atoms with Crippen LogP contribution in [0.1, 0.15) is 51.4 Å². The van der Waals surface area contributed by atoms with Crippen LogP contribution in [0.3, 0.4) is 0 Å². The smallest absolute Gasteiger partial charge is 0.226 e. The number of nitrogens with one attached hydrogen (secondary N) is 1. The van der Waals surface area contributed by atoms with Gasteiger partial charge in [0.25, 0.3) is 0 Å². The van der Waals surface area contributed by atoms with Gasteiger partial charge in [0.05, 0.1) is 5.41 Å². The Kier molecular flexibility index (Phi) is 2.09. The van der Waals surface area contributed by atoms with Crippen molar-refractivity contribution in [2.45, 2.75) is 61.7 Å². The molecule has 2 unspecified atom stereocenters. The standard InChI is InChI=1S/C14H20BrNO/c15-14-6-9-3-10(7-14)5-13(4-9,8-14)12(17)16-11-1-2-11/h9-11H,1-8H2,(H,16,17). The van der Waals surface area contributed by atoms with Crippen LogP contribution < -0.4 is 5.32 Å². The first-order valence-electron chi connectivity index (χ1n) is 7.07. The Labute approximate surface area is 111 Å². The largest absolute Gasteiger partial charge is 0.353 e. The van der Waals surface area contributed by atoms with Crippen LogP contribution in [0.15, 0.2) is 0 Å². The molecule has 0 radical (unpaired) electrons. The molecule has 0 saturated heterocycles. The number of halogens is 1. The lowest BCUT2D eigenvalue weighted by Crippen LogP contribution is -2.58. The molecular weight excluding hydrogens is 278 g/mol. The molecule has 1 amide bonds. The maximum Gasteiger partial charge on any atom is 0.226 e. The van der Waals surface area contributed by atoms with Crippen molar-refractivity contribution in [2.75, 3.05) is 0 Å². The Morgan fingerprint density at radius 1 is 1.12 bits per heavy atom. The number of hydrogen-bond acceptors (Lipinski definition) is 1. The lowest BCUT2D eigenvalue weighted by atomic mass is 9.49. The van der Waals surface area contributed by atoms with Gasteiger partial charge in [0, 0.05) is 10.4 Å². The molecule has 3 heteroatoms. The van der Waals surface area contributed by atoms with Crippen LogP contribution in [0.5, 0.6) is 0 Å². The zero-order valence-electron chi connectivity index (χ0n) is 10.2. The first-order valence-corrected chi connectivity index (χ1v) is 7.86. The van der Waals surface area contributed by atoms with Gasteiger partial charge >= 0.3 is 0 Å². The van der Waals surface area contributed by atoms with Gasteiger partial charge in [-0.15, -0.1) is 0 Å². The molecule has 94 valence electrons. The predicted molar refractivity (Wildman–Crippen MR) is 69.9 cm³/mol. The van der Waals surface area contributed by atoms with Gasteiger partial charge in [-0.2, -0.15) is 0 Å². The molecule has 0 spiro atoms. The number of rotatable bonds is 2. The molecule has 17 heavy (non-hydrogen) atoms. The van der Waals surface area contributed by atoms with Crippen molar-refractivity contribution in [3.63, 3.8) is 0 Å². The first kappa shape index (κ1) is 10.8. The maximum absolute atomic E-state index is 12.6. The quantitative estimate of drug-likeness (QED) is 0.780.